The summed E-state index contributed by atoms with van der Waals surface area (Å²) in [6.45, 7) is 2.23. The van der Waals surface area contributed by atoms with Crippen molar-refractivity contribution in [1.82, 2.24) is 4.90 Å². The van der Waals surface area contributed by atoms with Crippen LogP contribution in [-0.4, -0.2) is 52.8 Å². The van der Waals surface area contributed by atoms with Gasteiger partial charge in [-0.05, 0) is 49.3 Å². The van der Waals surface area contributed by atoms with Gasteiger partial charge in [0.25, 0.3) is 0 Å². The lowest BCUT2D eigenvalue weighted by Gasteiger charge is -2.22. The molecule has 2 N–H and O–H groups in total. The highest BCUT2D eigenvalue weighted by atomic mass is 16.5. The van der Waals surface area contributed by atoms with E-state index in [1.54, 1.807) is 6.08 Å². The summed E-state index contributed by atoms with van der Waals surface area (Å²) in [7, 11) is 0. The molecule has 2 heterocycles. The Labute approximate surface area is 190 Å². The number of carbonyl (C=O) groups is 2. The number of aliphatic carboxylic acids is 1. The number of carboxylic acids is 1. The summed E-state index contributed by atoms with van der Waals surface area (Å²) < 4.78 is 5.41. The van der Waals surface area contributed by atoms with Gasteiger partial charge in [-0.25, -0.2) is 0 Å². The highest BCUT2D eigenvalue weighted by Gasteiger charge is 2.28. The van der Waals surface area contributed by atoms with E-state index in [1.807, 2.05) is 29.2 Å². The molecule has 0 aromatic heterocycles. The molecule has 0 bridgehead atoms. The van der Waals surface area contributed by atoms with Gasteiger partial charge in [-0.2, -0.15) is 0 Å². The number of ether oxygens (including phenoxy) is 1. The first kappa shape index (κ1) is 24.2. The van der Waals surface area contributed by atoms with Crippen molar-refractivity contribution in [3.05, 3.63) is 53.1 Å². The third-order valence-corrected chi connectivity index (χ3v) is 6.19. The fourth-order valence-electron chi connectivity index (χ4n) is 4.35. The summed E-state index contributed by atoms with van der Waals surface area (Å²) in [6, 6.07) is 7.98. The molecule has 6 heteroatoms. The molecule has 32 heavy (non-hydrogen) atoms. The number of aliphatic hydroxyl groups excluding tert-OH is 1. The van der Waals surface area contributed by atoms with E-state index < -0.39 is 12.1 Å². The molecule has 0 radical (unpaired) electrons. The molecule has 3 rings (SSSR count). The largest absolute Gasteiger partial charge is 0.481 e. The zero-order valence-corrected chi connectivity index (χ0v) is 18.7. The number of amides is 1. The molecular formula is C26H35NO5. The quantitative estimate of drug-likeness (QED) is 0.390. The molecule has 1 unspecified atom stereocenters. The van der Waals surface area contributed by atoms with Crippen molar-refractivity contribution in [1.29, 1.82) is 0 Å². The van der Waals surface area contributed by atoms with Crippen molar-refractivity contribution in [2.24, 2.45) is 0 Å². The molecule has 2 saturated heterocycles. The Bertz CT molecular complexity index is 823. The molecule has 1 aromatic rings. The van der Waals surface area contributed by atoms with Crippen molar-refractivity contribution in [3.63, 3.8) is 0 Å². The Balaban J connectivity index is 1.52. The summed E-state index contributed by atoms with van der Waals surface area (Å²) in [5, 5.41) is 19.4. The number of carbonyl (C=O) groups excluding carboxylic acids is 1. The SMILES string of the molecule is O=C(O)CCCCCCN1C(=O)CCC1/C=C/[C@@H](O)c1cccc(C=C2CCOCC2)c1. The Hall–Kier alpha value is -2.44. The molecule has 0 saturated carbocycles. The average molecular weight is 442 g/mol. The van der Waals surface area contributed by atoms with E-state index in [0.717, 1.165) is 62.9 Å². The number of aliphatic hydroxyl groups is 1. The first-order chi connectivity index (χ1) is 15.5. The number of likely N-dealkylation sites (tertiary alicyclic amines) is 1. The fourth-order valence-corrected chi connectivity index (χ4v) is 4.35. The maximum atomic E-state index is 12.3. The van der Waals surface area contributed by atoms with Crippen LogP contribution in [0.25, 0.3) is 6.08 Å². The standard InChI is InChI=1S/C26H35NO5/c28-24(22-7-5-6-21(19-22)18-20-13-16-32-17-14-20)11-9-23-10-12-25(29)27(23)15-4-2-1-3-8-26(30)31/h5-7,9,11,18-19,23-24,28H,1-4,8,10,12-17H2,(H,30,31)/b11-9+/t23?,24-/m1/s1. The third-order valence-electron chi connectivity index (χ3n) is 6.19. The second kappa shape index (κ2) is 12.6. The van der Waals surface area contributed by atoms with Gasteiger partial charge in [0, 0.05) is 19.4 Å². The molecule has 0 spiro atoms. The highest BCUT2D eigenvalue weighted by Crippen LogP contribution is 2.24. The van der Waals surface area contributed by atoms with E-state index in [2.05, 4.69) is 12.1 Å². The molecule has 2 fully saturated rings. The number of carboxylic acid groups (broad SMARTS) is 1. The van der Waals surface area contributed by atoms with Crippen LogP contribution in [0.3, 0.4) is 0 Å². The highest BCUT2D eigenvalue weighted by molar-refractivity contribution is 5.79. The molecular weight excluding hydrogens is 406 g/mol. The van der Waals surface area contributed by atoms with Gasteiger partial charge in [0.1, 0.15) is 0 Å². The van der Waals surface area contributed by atoms with E-state index in [1.165, 1.54) is 5.57 Å². The number of hydrogen-bond acceptors (Lipinski definition) is 4. The molecule has 0 aliphatic carbocycles. The monoisotopic (exact) mass is 441 g/mol. The van der Waals surface area contributed by atoms with Gasteiger partial charge in [-0.1, -0.05) is 54.8 Å². The van der Waals surface area contributed by atoms with Crippen molar-refractivity contribution in [2.75, 3.05) is 19.8 Å². The zero-order valence-electron chi connectivity index (χ0n) is 18.7. The Kier molecular flexibility index (Phi) is 9.50. The van der Waals surface area contributed by atoms with Gasteiger partial charge < -0.3 is 19.8 Å². The minimum absolute atomic E-state index is 0.0173. The number of unbranched alkanes of at least 4 members (excludes halogenated alkanes) is 3. The lowest BCUT2D eigenvalue weighted by atomic mass is 10.0. The molecule has 6 nitrogen and oxygen atoms in total. The number of rotatable bonds is 11. The topological polar surface area (TPSA) is 87.1 Å². The van der Waals surface area contributed by atoms with E-state index >= 15 is 0 Å². The van der Waals surface area contributed by atoms with Gasteiger partial charge in [0.2, 0.25) is 5.91 Å². The van der Waals surface area contributed by atoms with Crippen LogP contribution in [0.1, 0.15) is 75.0 Å². The van der Waals surface area contributed by atoms with Gasteiger partial charge >= 0.3 is 5.97 Å². The number of hydrogen-bond donors (Lipinski definition) is 2. The van der Waals surface area contributed by atoms with Gasteiger partial charge in [-0.3, -0.25) is 9.59 Å². The van der Waals surface area contributed by atoms with Crippen LogP contribution < -0.4 is 0 Å². The predicted molar refractivity (Wildman–Crippen MR) is 124 cm³/mol. The fraction of sp³-hybridized carbons (Fsp3) is 0.538. The van der Waals surface area contributed by atoms with E-state index in [4.69, 9.17) is 9.84 Å². The molecule has 2 aliphatic heterocycles. The first-order valence-electron chi connectivity index (χ1n) is 11.8. The van der Waals surface area contributed by atoms with Crippen LogP contribution in [0.15, 0.2) is 42.0 Å². The second-order valence-corrected chi connectivity index (χ2v) is 8.67. The molecule has 174 valence electrons. The van der Waals surface area contributed by atoms with E-state index in [-0.39, 0.29) is 18.4 Å². The van der Waals surface area contributed by atoms with E-state index in [0.29, 0.717) is 19.4 Å². The molecule has 1 amide bonds. The lowest BCUT2D eigenvalue weighted by Crippen LogP contribution is -2.32. The molecule has 1 aromatic carbocycles. The third kappa shape index (κ3) is 7.61. The van der Waals surface area contributed by atoms with Crippen molar-refractivity contribution < 1.29 is 24.5 Å². The van der Waals surface area contributed by atoms with Gasteiger partial charge in [0.05, 0.1) is 25.4 Å². The minimum Gasteiger partial charge on any atom is -0.481 e. The summed E-state index contributed by atoms with van der Waals surface area (Å²) in [4.78, 5) is 24.8. The Morgan fingerprint density at radius 1 is 1.16 bits per heavy atom. The molecule has 2 aliphatic rings. The van der Waals surface area contributed by atoms with Crippen LogP contribution >= 0.6 is 0 Å². The van der Waals surface area contributed by atoms with Gasteiger partial charge in [0.15, 0.2) is 0 Å². The zero-order chi connectivity index (χ0) is 22.8. The maximum Gasteiger partial charge on any atom is 0.303 e. The van der Waals surface area contributed by atoms with Crippen LogP contribution in [0.2, 0.25) is 0 Å². The van der Waals surface area contributed by atoms with Crippen LogP contribution in [-0.2, 0) is 14.3 Å². The minimum atomic E-state index is -0.755. The smallest absolute Gasteiger partial charge is 0.303 e. The van der Waals surface area contributed by atoms with Crippen molar-refractivity contribution in [2.45, 2.75) is 69.9 Å². The number of nitrogens with zero attached hydrogens (tertiary/aromatic N) is 1. The summed E-state index contributed by atoms with van der Waals surface area (Å²) >= 11 is 0. The van der Waals surface area contributed by atoms with E-state index in [9.17, 15) is 14.7 Å². The van der Waals surface area contributed by atoms with Crippen molar-refractivity contribution in [3.8, 4) is 0 Å². The second-order valence-electron chi connectivity index (χ2n) is 8.67. The maximum absolute atomic E-state index is 12.3. The van der Waals surface area contributed by atoms with Crippen LogP contribution in [0.5, 0.6) is 0 Å². The van der Waals surface area contributed by atoms with Crippen LogP contribution in [0.4, 0.5) is 0 Å². The summed E-state index contributed by atoms with van der Waals surface area (Å²) in [5.41, 5.74) is 3.31. The van der Waals surface area contributed by atoms with Crippen LogP contribution in [0, 0.1) is 0 Å². The first-order valence-corrected chi connectivity index (χ1v) is 11.8. The predicted octanol–water partition coefficient (Wildman–Crippen LogP) is 4.50. The Morgan fingerprint density at radius 2 is 1.94 bits per heavy atom. The number of benzene rings is 1. The summed E-state index contributed by atoms with van der Waals surface area (Å²) in [5.74, 6) is -0.598. The normalized spacial score (nSPS) is 20.2. The molecule has 2 atom stereocenters. The van der Waals surface area contributed by atoms with Crippen molar-refractivity contribution >= 4 is 18.0 Å². The lowest BCUT2D eigenvalue weighted by molar-refractivity contribution is -0.137. The van der Waals surface area contributed by atoms with Gasteiger partial charge in [-0.15, -0.1) is 0 Å². The Morgan fingerprint density at radius 3 is 2.72 bits per heavy atom. The summed E-state index contributed by atoms with van der Waals surface area (Å²) in [6.07, 6.45) is 12.0. The average Bonchev–Trinajstić information content (AvgIpc) is 3.14.